The van der Waals surface area contributed by atoms with E-state index in [1.807, 2.05) is 38.1 Å². The van der Waals surface area contributed by atoms with Gasteiger partial charge in [0, 0.05) is 32.4 Å². The van der Waals surface area contributed by atoms with Crippen LogP contribution in [0.1, 0.15) is 22.9 Å². The highest BCUT2D eigenvalue weighted by Gasteiger charge is 2.18. The molecule has 0 fully saturated rings. The quantitative estimate of drug-likeness (QED) is 0.619. The number of pyridine rings is 1. The van der Waals surface area contributed by atoms with Crippen LogP contribution in [0, 0.1) is 13.8 Å². The van der Waals surface area contributed by atoms with Crippen molar-refractivity contribution in [2.75, 3.05) is 19.0 Å². The summed E-state index contributed by atoms with van der Waals surface area (Å²) in [6, 6.07) is 10.7. The maximum atomic E-state index is 9.99. The lowest BCUT2D eigenvalue weighted by atomic mass is 10.0. The normalized spacial score (nSPS) is 12.2. The van der Waals surface area contributed by atoms with Crippen molar-refractivity contribution in [3.8, 4) is 5.75 Å². The number of nitrogens with zero attached hydrogens (tertiary/aromatic N) is 1. The van der Waals surface area contributed by atoms with E-state index in [9.17, 15) is 5.11 Å². The number of nitrogens with one attached hydrogen (secondary N) is 1. The van der Waals surface area contributed by atoms with Crippen LogP contribution in [0.3, 0.4) is 0 Å². The Labute approximate surface area is 162 Å². The van der Waals surface area contributed by atoms with Crippen molar-refractivity contribution in [3.05, 3.63) is 63.3 Å². The smallest absolute Gasteiger partial charge is 0.125 e. The van der Waals surface area contributed by atoms with Crippen molar-refractivity contribution in [2.45, 2.75) is 19.9 Å². The molecule has 1 unspecified atom stereocenters. The molecule has 1 aromatic heterocycles. The van der Waals surface area contributed by atoms with Gasteiger partial charge in [0.1, 0.15) is 5.75 Å². The summed E-state index contributed by atoms with van der Waals surface area (Å²) >= 11 is 12.3. The van der Waals surface area contributed by atoms with Crippen LogP contribution < -0.4 is 10.1 Å². The zero-order valence-corrected chi connectivity index (χ0v) is 16.3. The Balaban J connectivity index is 2.09. The van der Waals surface area contributed by atoms with E-state index < -0.39 is 0 Å². The highest BCUT2D eigenvalue weighted by Crippen LogP contribution is 2.34. The molecular formula is C20H20Cl2N2O2. The number of rotatable bonds is 5. The molecule has 0 spiro atoms. The zero-order valence-electron chi connectivity index (χ0n) is 14.8. The van der Waals surface area contributed by atoms with E-state index in [1.165, 1.54) is 0 Å². The van der Waals surface area contributed by atoms with Crippen molar-refractivity contribution in [2.24, 2.45) is 0 Å². The summed E-state index contributed by atoms with van der Waals surface area (Å²) in [4.78, 5) is 4.62. The number of aromatic nitrogens is 1. The predicted octanol–water partition coefficient (Wildman–Crippen LogP) is 5.31. The van der Waals surface area contributed by atoms with Gasteiger partial charge in [-0.3, -0.25) is 4.98 Å². The average molecular weight is 391 g/mol. The first-order valence-corrected chi connectivity index (χ1v) is 8.97. The first kappa shape index (κ1) is 18.8. The van der Waals surface area contributed by atoms with Gasteiger partial charge < -0.3 is 15.2 Å². The average Bonchev–Trinajstić information content (AvgIpc) is 2.60. The first-order valence-electron chi connectivity index (χ1n) is 8.21. The van der Waals surface area contributed by atoms with Gasteiger partial charge in [-0.1, -0.05) is 29.3 Å². The van der Waals surface area contributed by atoms with Gasteiger partial charge in [0.15, 0.2) is 0 Å². The summed E-state index contributed by atoms with van der Waals surface area (Å²) in [6.45, 7) is 3.81. The Bertz CT molecular complexity index is 960. The van der Waals surface area contributed by atoms with Crippen LogP contribution in [0.4, 0.5) is 5.69 Å². The van der Waals surface area contributed by atoms with Crippen LogP contribution in [0.15, 0.2) is 36.4 Å². The molecule has 26 heavy (non-hydrogen) atoms. The number of halogens is 2. The van der Waals surface area contributed by atoms with E-state index in [-0.39, 0.29) is 12.6 Å². The van der Waals surface area contributed by atoms with E-state index in [2.05, 4.69) is 10.3 Å². The van der Waals surface area contributed by atoms with Crippen LogP contribution in [-0.4, -0.2) is 23.8 Å². The van der Waals surface area contributed by atoms with E-state index >= 15 is 0 Å². The summed E-state index contributed by atoms with van der Waals surface area (Å²) in [5, 5.41) is 15.5. The molecular weight excluding hydrogens is 371 g/mol. The van der Waals surface area contributed by atoms with Gasteiger partial charge in [-0.15, -0.1) is 0 Å². The van der Waals surface area contributed by atoms with Gasteiger partial charge in [0.25, 0.3) is 0 Å². The number of fused-ring (bicyclic) bond motifs is 1. The van der Waals surface area contributed by atoms with E-state index in [0.29, 0.717) is 15.8 Å². The number of aliphatic hydroxyl groups excluding tert-OH is 1. The Kier molecular flexibility index (Phi) is 5.56. The number of hydrogen-bond acceptors (Lipinski definition) is 4. The molecule has 0 radical (unpaired) electrons. The second-order valence-electron chi connectivity index (χ2n) is 6.20. The number of aliphatic hydroxyl groups is 1. The molecule has 4 nitrogen and oxygen atoms in total. The largest absolute Gasteiger partial charge is 0.496 e. The van der Waals surface area contributed by atoms with E-state index in [4.69, 9.17) is 27.9 Å². The van der Waals surface area contributed by atoms with Gasteiger partial charge in [-0.25, -0.2) is 0 Å². The highest BCUT2D eigenvalue weighted by molar-refractivity contribution is 6.31. The molecule has 0 aliphatic heterocycles. The van der Waals surface area contributed by atoms with Crippen molar-refractivity contribution in [3.63, 3.8) is 0 Å². The van der Waals surface area contributed by atoms with Crippen LogP contribution in [0.5, 0.6) is 5.75 Å². The lowest BCUT2D eigenvalue weighted by Crippen LogP contribution is -2.16. The van der Waals surface area contributed by atoms with E-state index in [1.54, 1.807) is 19.2 Å². The monoisotopic (exact) mass is 390 g/mol. The summed E-state index contributed by atoms with van der Waals surface area (Å²) in [5.74, 6) is 0.619. The minimum absolute atomic E-state index is 0.111. The maximum absolute atomic E-state index is 9.99. The Morgan fingerprint density at radius 2 is 1.88 bits per heavy atom. The minimum atomic E-state index is -0.369. The molecule has 0 saturated heterocycles. The molecule has 0 saturated carbocycles. The maximum Gasteiger partial charge on any atom is 0.125 e. The van der Waals surface area contributed by atoms with E-state index in [0.717, 1.165) is 33.4 Å². The summed E-state index contributed by atoms with van der Waals surface area (Å²) in [6.07, 6.45) is 0. The van der Waals surface area contributed by atoms with Gasteiger partial charge in [-0.2, -0.15) is 0 Å². The number of anilines is 1. The third kappa shape index (κ3) is 3.73. The standard InChI is InChI=1S/C20H20Cl2N2O2/c1-11-6-14(22)8-16-17(7-12(2)23-20(11)16)24-18(10-25)15-5-4-13(21)9-19(15)26-3/h4-9,18,25H,10H2,1-3H3,(H,23,24). The molecule has 0 amide bonds. The lowest BCUT2D eigenvalue weighted by molar-refractivity contribution is 0.273. The van der Waals surface area contributed by atoms with Crippen LogP contribution >= 0.6 is 23.2 Å². The fraction of sp³-hybridized carbons (Fsp3) is 0.250. The van der Waals surface area contributed by atoms with Crippen molar-refractivity contribution in [1.82, 2.24) is 4.98 Å². The Hall–Kier alpha value is -2.01. The molecule has 2 aromatic carbocycles. The molecule has 0 bridgehead atoms. The molecule has 2 N–H and O–H groups in total. The SMILES string of the molecule is COc1cc(Cl)ccc1C(CO)Nc1cc(C)nc2c(C)cc(Cl)cc12. The molecule has 136 valence electrons. The Morgan fingerprint density at radius 3 is 2.58 bits per heavy atom. The van der Waals surface area contributed by atoms with Crippen LogP contribution in [0.25, 0.3) is 10.9 Å². The molecule has 1 heterocycles. The van der Waals surface area contributed by atoms with Crippen molar-refractivity contribution in [1.29, 1.82) is 0 Å². The predicted molar refractivity (Wildman–Crippen MR) is 108 cm³/mol. The first-order chi connectivity index (χ1) is 12.4. The fourth-order valence-corrected chi connectivity index (χ4v) is 3.52. The second kappa shape index (κ2) is 7.70. The number of aryl methyl sites for hydroxylation is 2. The number of ether oxygens (including phenoxy) is 1. The van der Waals surface area contributed by atoms with Crippen molar-refractivity contribution >= 4 is 39.8 Å². The molecule has 0 aliphatic rings. The lowest BCUT2D eigenvalue weighted by Gasteiger charge is -2.22. The Morgan fingerprint density at radius 1 is 1.12 bits per heavy atom. The highest BCUT2D eigenvalue weighted by atomic mass is 35.5. The van der Waals surface area contributed by atoms with Crippen molar-refractivity contribution < 1.29 is 9.84 Å². The molecule has 1 atom stereocenters. The number of benzene rings is 2. The summed E-state index contributed by atoms with van der Waals surface area (Å²) < 4.78 is 5.43. The third-order valence-electron chi connectivity index (χ3n) is 4.28. The van der Waals surface area contributed by atoms with Gasteiger partial charge in [0.05, 0.1) is 25.3 Å². The van der Waals surface area contributed by atoms with Gasteiger partial charge >= 0.3 is 0 Å². The zero-order chi connectivity index (χ0) is 18.8. The molecule has 3 aromatic rings. The van der Waals surface area contributed by atoms with Gasteiger partial charge in [0.2, 0.25) is 0 Å². The summed E-state index contributed by atoms with van der Waals surface area (Å²) in [5.41, 5.74) is 4.45. The number of hydrogen-bond donors (Lipinski definition) is 2. The molecule has 6 heteroatoms. The second-order valence-corrected chi connectivity index (χ2v) is 7.07. The number of methoxy groups -OCH3 is 1. The molecule has 0 aliphatic carbocycles. The summed E-state index contributed by atoms with van der Waals surface area (Å²) in [7, 11) is 1.58. The van der Waals surface area contributed by atoms with Crippen LogP contribution in [-0.2, 0) is 0 Å². The fourth-order valence-electron chi connectivity index (χ4n) is 3.09. The minimum Gasteiger partial charge on any atom is -0.496 e. The topological polar surface area (TPSA) is 54.4 Å². The van der Waals surface area contributed by atoms with Crippen LogP contribution in [0.2, 0.25) is 10.0 Å². The third-order valence-corrected chi connectivity index (χ3v) is 4.73. The molecule has 3 rings (SSSR count). The van der Waals surface area contributed by atoms with Gasteiger partial charge in [-0.05, 0) is 49.7 Å².